The Bertz CT molecular complexity index is 1070. The number of rotatable bonds is 3. The SMILES string of the molecule is CC12CCC(CCO)(O1)[C@H]1C(=O)N(c3ccc(C#N)c4ccccc34)C(=O)C12. The Kier molecular flexibility index (Phi) is 3.49. The minimum absolute atomic E-state index is 0.0828. The molecule has 2 bridgehead atoms. The van der Waals surface area contributed by atoms with E-state index in [0.29, 0.717) is 35.9 Å². The van der Waals surface area contributed by atoms with Gasteiger partial charge < -0.3 is 9.84 Å². The second kappa shape index (κ2) is 5.63. The molecule has 5 rings (SSSR count). The summed E-state index contributed by atoms with van der Waals surface area (Å²) < 4.78 is 6.23. The summed E-state index contributed by atoms with van der Waals surface area (Å²) in [6.07, 6.45) is 1.73. The predicted molar refractivity (Wildman–Crippen MR) is 101 cm³/mol. The van der Waals surface area contributed by atoms with Crippen LogP contribution in [0.5, 0.6) is 0 Å². The van der Waals surface area contributed by atoms with Crippen LogP contribution in [-0.4, -0.2) is 34.7 Å². The van der Waals surface area contributed by atoms with Crippen molar-refractivity contribution in [1.82, 2.24) is 0 Å². The summed E-state index contributed by atoms with van der Waals surface area (Å²) >= 11 is 0. The first-order valence-corrected chi connectivity index (χ1v) is 9.56. The van der Waals surface area contributed by atoms with Gasteiger partial charge in [-0.1, -0.05) is 24.3 Å². The number of hydrogen-bond donors (Lipinski definition) is 1. The first-order chi connectivity index (χ1) is 13.5. The molecule has 4 atom stereocenters. The van der Waals surface area contributed by atoms with E-state index < -0.39 is 23.0 Å². The summed E-state index contributed by atoms with van der Waals surface area (Å²) in [6, 6.07) is 12.8. The molecule has 0 radical (unpaired) electrons. The zero-order valence-electron chi connectivity index (χ0n) is 15.5. The summed E-state index contributed by atoms with van der Waals surface area (Å²) in [5.41, 5.74) is -0.422. The Morgan fingerprint density at radius 2 is 1.86 bits per heavy atom. The van der Waals surface area contributed by atoms with Crippen LogP contribution in [0.15, 0.2) is 36.4 Å². The zero-order valence-corrected chi connectivity index (χ0v) is 15.5. The molecular weight excluding hydrogens is 356 g/mol. The van der Waals surface area contributed by atoms with Crippen molar-refractivity contribution in [3.05, 3.63) is 42.0 Å². The third-order valence-electron chi connectivity index (χ3n) is 6.81. The van der Waals surface area contributed by atoms with Gasteiger partial charge in [0.1, 0.15) is 0 Å². The number of nitrogens with zero attached hydrogens (tertiary/aromatic N) is 2. The van der Waals surface area contributed by atoms with Crippen LogP contribution in [0.4, 0.5) is 5.69 Å². The molecule has 2 aromatic rings. The second-order valence-corrected chi connectivity index (χ2v) is 8.21. The third kappa shape index (κ3) is 1.98. The molecular formula is C22H20N2O4. The number of ether oxygens (including phenoxy) is 1. The third-order valence-corrected chi connectivity index (χ3v) is 6.81. The number of aliphatic hydroxyl groups excluding tert-OH is 1. The first-order valence-electron chi connectivity index (χ1n) is 9.56. The normalized spacial score (nSPS) is 33.5. The van der Waals surface area contributed by atoms with Crippen molar-refractivity contribution in [1.29, 1.82) is 5.26 Å². The van der Waals surface area contributed by atoms with Crippen LogP contribution >= 0.6 is 0 Å². The van der Waals surface area contributed by atoms with E-state index in [9.17, 15) is 20.0 Å². The van der Waals surface area contributed by atoms with E-state index in [0.717, 1.165) is 5.39 Å². The largest absolute Gasteiger partial charge is 0.396 e. The van der Waals surface area contributed by atoms with Crippen LogP contribution in [-0.2, 0) is 14.3 Å². The van der Waals surface area contributed by atoms with Gasteiger partial charge in [-0.05, 0) is 31.9 Å². The van der Waals surface area contributed by atoms with Gasteiger partial charge in [0.25, 0.3) is 0 Å². The minimum atomic E-state index is -0.766. The maximum atomic E-state index is 13.5. The Hall–Kier alpha value is -2.75. The number of nitriles is 1. The molecule has 0 aliphatic carbocycles. The van der Waals surface area contributed by atoms with E-state index in [-0.39, 0.29) is 18.4 Å². The lowest BCUT2D eigenvalue weighted by Gasteiger charge is -2.30. The van der Waals surface area contributed by atoms with Crippen molar-refractivity contribution in [2.45, 2.75) is 37.4 Å². The monoisotopic (exact) mass is 376 g/mol. The summed E-state index contributed by atoms with van der Waals surface area (Å²) in [6.45, 7) is 1.82. The number of fused-ring (bicyclic) bond motifs is 6. The highest BCUT2D eigenvalue weighted by Crippen LogP contribution is 2.62. The van der Waals surface area contributed by atoms with E-state index in [1.54, 1.807) is 12.1 Å². The highest BCUT2D eigenvalue weighted by molar-refractivity contribution is 6.26. The quantitative estimate of drug-likeness (QED) is 0.832. The Balaban J connectivity index is 1.67. The number of anilines is 1. The standard InChI is InChI=1S/C22H20N2O4/c1-21-8-9-22(28-21,10-11-25)18-17(21)19(26)24(20(18)27)16-7-6-13(12-23)14-4-2-3-5-15(14)16/h2-7,17-18,25H,8-11H2,1H3/t17?,18-,21?,22?/m1/s1. The molecule has 2 aromatic carbocycles. The van der Waals surface area contributed by atoms with Crippen LogP contribution in [0.1, 0.15) is 31.7 Å². The van der Waals surface area contributed by atoms with Gasteiger partial charge in [0, 0.05) is 23.8 Å². The van der Waals surface area contributed by atoms with Gasteiger partial charge in [0.2, 0.25) is 11.8 Å². The predicted octanol–water partition coefficient (Wildman–Crippen LogP) is 2.52. The molecule has 3 saturated heterocycles. The molecule has 3 unspecified atom stereocenters. The maximum absolute atomic E-state index is 13.5. The van der Waals surface area contributed by atoms with E-state index in [1.165, 1.54) is 4.90 Å². The number of aliphatic hydroxyl groups is 1. The second-order valence-electron chi connectivity index (χ2n) is 8.21. The highest BCUT2D eigenvalue weighted by Gasteiger charge is 2.73. The number of amides is 2. The Morgan fingerprint density at radius 3 is 2.57 bits per heavy atom. The molecule has 6 heteroatoms. The molecule has 0 aromatic heterocycles. The topological polar surface area (TPSA) is 90.6 Å². The molecule has 0 saturated carbocycles. The molecule has 28 heavy (non-hydrogen) atoms. The van der Waals surface area contributed by atoms with Crippen LogP contribution in [0, 0.1) is 23.2 Å². The molecule has 0 spiro atoms. The zero-order chi connectivity index (χ0) is 19.7. The molecule has 6 nitrogen and oxygen atoms in total. The van der Waals surface area contributed by atoms with Crippen molar-refractivity contribution in [3.63, 3.8) is 0 Å². The van der Waals surface area contributed by atoms with E-state index >= 15 is 0 Å². The average Bonchev–Trinajstić information content (AvgIpc) is 3.26. The van der Waals surface area contributed by atoms with Crippen molar-refractivity contribution in [2.75, 3.05) is 11.5 Å². The highest BCUT2D eigenvalue weighted by atomic mass is 16.5. The van der Waals surface area contributed by atoms with Crippen molar-refractivity contribution in [2.24, 2.45) is 11.8 Å². The molecule has 3 aliphatic rings. The molecule has 142 valence electrons. The fourth-order valence-electron chi connectivity index (χ4n) is 5.61. The van der Waals surface area contributed by atoms with Crippen molar-refractivity contribution >= 4 is 28.3 Å². The number of imide groups is 1. The van der Waals surface area contributed by atoms with E-state index in [1.807, 2.05) is 31.2 Å². The summed E-state index contributed by atoms with van der Waals surface area (Å²) in [7, 11) is 0. The minimum Gasteiger partial charge on any atom is -0.396 e. The van der Waals surface area contributed by atoms with E-state index in [4.69, 9.17) is 4.74 Å². The van der Waals surface area contributed by atoms with Crippen molar-refractivity contribution in [3.8, 4) is 6.07 Å². The fraction of sp³-hybridized carbons (Fsp3) is 0.409. The van der Waals surface area contributed by atoms with Crippen LogP contribution in [0.25, 0.3) is 10.8 Å². The van der Waals surface area contributed by atoms with Gasteiger partial charge in [-0.3, -0.25) is 9.59 Å². The smallest absolute Gasteiger partial charge is 0.240 e. The summed E-state index contributed by atoms with van der Waals surface area (Å²) in [5, 5.41) is 20.4. The number of hydrogen-bond acceptors (Lipinski definition) is 5. The van der Waals surface area contributed by atoms with Gasteiger partial charge in [0.05, 0.1) is 40.4 Å². The molecule has 2 amide bonds. The van der Waals surface area contributed by atoms with Gasteiger partial charge in [-0.25, -0.2) is 4.90 Å². The molecule has 3 aliphatic heterocycles. The van der Waals surface area contributed by atoms with E-state index in [2.05, 4.69) is 6.07 Å². The average molecular weight is 376 g/mol. The maximum Gasteiger partial charge on any atom is 0.240 e. The van der Waals surface area contributed by atoms with Crippen molar-refractivity contribution < 1.29 is 19.4 Å². The number of carbonyl (C=O) groups is 2. The van der Waals surface area contributed by atoms with Crippen LogP contribution in [0.3, 0.4) is 0 Å². The summed E-state index contributed by atoms with van der Waals surface area (Å²) in [5.74, 6) is -1.61. The fourth-order valence-corrected chi connectivity index (χ4v) is 5.61. The number of carbonyl (C=O) groups excluding carboxylic acids is 2. The van der Waals surface area contributed by atoms with Gasteiger partial charge in [0.15, 0.2) is 0 Å². The molecule has 3 fully saturated rings. The lowest BCUT2D eigenvalue weighted by Crippen LogP contribution is -2.42. The van der Waals surface area contributed by atoms with Crippen LogP contribution < -0.4 is 4.90 Å². The summed E-state index contributed by atoms with van der Waals surface area (Å²) in [4.78, 5) is 28.2. The van der Waals surface area contributed by atoms with Gasteiger partial charge in [-0.15, -0.1) is 0 Å². The number of benzene rings is 2. The Morgan fingerprint density at radius 1 is 1.14 bits per heavy atom. The lowest BCUT2D eigenvalue weighted by atomic mass is 9.67. The van der Waals surface area contributed by atoms with Crippen LogP contribution in [0.2, 0.25) is 0 Å². The molecule has 3 heterocycles. The lowest BCUT2D eigenvalue weighted by molar-refractivity contribution is -0.131. The van der Waals surface area contributed by atoms with Gasteiger partial charge in [-0.2, -0.15) is 5.26 Å². The first kappa shape index (κ1) is 17.4. The Labute approximate surface area is 162 Å². The molecule has 1 N–H and O–H groups in total. The van der Waals surface area contributed by atoms with Gasteiger partial charge >= 0.3 is 0 Å².